The molecule has 1 unspecified atom stereocenters. The maximum absolute atomic E-state index is 12.6. The van der Waals surface area contributed by atoms with Crippen LogP contribution in [0.5, 0.6) is 0 Å². The summed E-state index contributed by atoms with van der Waals surface area (Å²) in [5.41, 5.74) is 1.36. The summed E-state index contributed by atoms with van der Waals surface area (Å²) in [7, 11) is 0. The fraction of sp³-hybridized carbons (Fsp3) is 0.333. The van der Waals surface area contributed by atoms with Crippen LogP contribution in [0.25, 0.3) is 0 Å². The van der Waals surface area contributed by atoms with E-state index in [1.165, 1.54) is 17.5 Å². The van der Waals surface area contributed by atoms with Gasteiger partial charge in [0.1, 0.15) is 0 Å². The lowest BCUT2D eigenvalue weighted by Crippen LogP contribution is -2.28. The predicted molar refractivity (Wildman–Crippen MR) is 83.2 cm³/mol. The van der Waals surface area contributed by atoms with E-state index in [0.717, 1.165) is 15.8 Å². The molecule has 2 aromatic rings. The average molecular weight is 318 g/mol. The van der Waals surface area contributed by atoms with Gasteiger partial charge in [-0.2, -0.15) is 0 Å². The van der Waals surface area contributed by atoms with Gasteiger partial charge < -0.3 is 0 Å². The van der Waals surface area contributed by atoms with Crippen molar-refractivity contribution in [3.63, 3.8) is 0 Å². The largest absolute Gasteiger partial charge is 0.293 e. The molecule has 0 radical (unpaired) electrons. The third kappa shape index (κ3) is 2.78. The van der Waals surface area contributed by atoms with Crippen molar-refractivity contribution in [3.05, 3.63) is 40.7 Å². The van der Waals surface area contributed by atoms with Crippen LogP contribution in [0.15, 0.2) is 28.9 Å². The number of Topliss-reactive ketones (excluding diaryl/α,β-unsaturated/α-hetero) is 2. The molecule has 0 spiro atoms. The molecule has 0 aliphatic heterocycles. The first-order chi connectivity index (χ1) is 10.2. The number of rotatable bonds is 4. The van der Waals surface area contributed by atoms with Crippen LogP contribution in [-0.2, 0) is 6.42 Å². The number of fused-ring (bicyclic) bond motifs is 1. The van der Waals surface area contributed by atoms with Crippen molar-refractivity contribution in [2.45, 2.75) is 24.1 Å². The number of aromatic nitrogens is 2. The standard InChI is InChI=1S/C15H14N2O2S2/c1-2-20-15-17-11-6-5-10(13(19)14(11)21-15)12(18)9-4-3-7-16-8-9/h3-4,7-8,10H,2,5-6H2,1H3. The molecule has 21 heavy (non-hydrogen) atoms. The van der Waals surface area contributed by atoms with Gasteiger partial charge in [0.05, 0.1) is 16.5 Å². The zero-order valence-electron chi connectivity index (χ0n) is 11.5. The molecule has 0 saturated carbocycles. The molecule has 4 nitrogen and oxygen atoms in total. The normalized spacial score (nSPS) is 17.6. The van der Waals surface area contributed by atoms with Crippen LogP contribution in [-0.4, -0.2) is 27.3 Å². The van der Waals surface area contributed by atoms with Crippen molar-refractivity contribution >= 4 is 34.7 Å². The second-order valence-corrected chi connectivity index (χ2v) is 7.26. The Morgan fingerprint density at radius 2 is 2.38 bits per heavy atom. The van der Waals surface area contributed by atoms with Crippen molar-refractivity contribution in [2.75, 3.05) is 5.75 Å². The fourth-order valence-electron chi connectivity index (χ4n) is 2.41. The van der Waals surface area contributed by atoms with Gasteiger partial charge in [-0.25, -0.2) is 4.98 Å². The molecular formula is C15H14N2O2S2. The summed E-state index contributed by atoms with van der Waals surface area (Å²) < 4.78 is 0.922. The van der Waals surface area contributed by atoms with E-state index in [2.05, 4.69) is 16.9 Å². The van der Waals surface area contributed by atoms with Crippen LogP contribution in [0.1, 0.15) is 39.1 Å². The number of carbonyl (C=O) groups is 2. The molecule has 0 bridgehead atoms. The zero-order valence-corrected chi connectivity index (χ0v) is 13.2. The smallest absolute Gasteiger partial charge is 0.185 e. The number of pyridine rings is 1. The second kappa shape index (κ2) is 6.07. The first-order valence-electron chi connectivity index (χ1n) is 6.81. The molecule has 3 rings (SSSR count). The molecule has 0 fully saturated rings. The topological polar surface area (TPSA) is 59.9 Å². The van der Waals surface area contributed by atoms with Crippen LogP contribution in [0.3, 0.4) is 0 Å². The van der Waals surface area contributed by atoms with Crippen molar-refractivity contribution in [2.24, 2.45) is 5.92 Å². The van der Waals surface area contributed by atoms with E-state index >= 15 is 0 Å². The molecule has 6 heteroatoms. The molecule has 0 N–H and O–H groups in total. The minimum Gasteiger partial charge on any atom is -0.293 e. The molecule has 2 aromatic heterocycles. The van der Waals surface area contributed by atoms with E-state index in [1.54, 1.807) is 30.1 Å². The number of carbonyl (C=O) groups excluding carboxylic acids is 2. The van der Waals surface area contributed by atoms with Gasteiger partial charge in [0, 0.05) is 18.0 Å². The van der Waals surface area contributed by atoms with Gasteiger partial charge in [0.15, 0.2) is 15.9 Å². The van der Waals surface area contributed by atoms with E-state index in [9.17, 15) is 9.59 Å². The number of hydrogen-bond acceptors (Lipinski definition) is 6. The summed E-state index contributed by atoms with van der Waals surface area (Å²) >= 11 is 3.06. The third-order valence-corrected chi connectivity index (χ3v) is 5.56. The van der Waals surface area contributed by atoms with Gasteiger partial charge in [-0.05, 0) is 30.7 Å². The van der Waals surface area contributed by atoms with Gasteiger partial charge in [-0.1, -0.05) is 18.7 Å². The highest BCUT2D eigenvalue weighted by atomic mass is 32.2. The highest BCUT2D eigenvalue weighted by Crippen LogP contribution is 2.35. The number of thiazole rings is 1. The van der Waals surface area contributed by atoms with Crippen LogP contribution in [0, 0.1) is 5.92 Å². The van der Waals surface area contributed by atoms with Crippen LogP contribution < -0.4 is 0 Å². The maximum Gasteiger partial charge on any atom is 0.185 e. The zero-order chi connectivity index (χ0) is 14.8. The van der Waals surface area contributed by atoms with Crippen molar-refractivity contribution in [1.29, 1.82) is 0 Å². The molecule has 1 atom stereocenters. The Morgan fingerprint density at radius 1 is 1.52 bits per heavy atom. The van der Waals surface area contributed by atoms with Gasteiger partial charge in [-0.15, -0.1) is 11.3 Å². The Balaban J connectivity index is 1.87. The first-order valence-corrected chi connectivity index (χ1v) is 8.62. The molecule has 0 aromatic carbocycles. The Hall–Kier alpha value is -1.53. The number of nitrogens with zero attached hydrogens (tertiary/aromatic N) is 2. The first kappa shape index (κ1) is 14.4. The average Bonchev–Trinajstić information content (AvgIpc) is 2.92. The van der Waals surface area contributed by atoms with E-state index in [-0.39, 0.29) is 11.6 Å². The molecule has 1 aliphatic carbocycles. The molecule has 108 valence electrons. The van der Waals surface area contributed by atoms with Crippen LogP contribution >= 0.6 is 23.1 Å². The number of hydrogen-bond donors (Lipinski definition) is 0. The Morgan fingerprint density at radius 3 is 3.10 bits per heavy atom. The summed E-state index contributed by atoms with van der Waals surface area (Å²) in [4.78, 5) is 34.2. The monoisotopic (exact) mass is 318 g/mol. The quantitative estimate of drug-likeness (QED) is 0.492. The van der Waals surface area contributed by atoms with E-state index in [1.807, 2.05) is 0 Å². The van der Waals surface area contributed by atoms with Crippen LogP contribution in [0.2, 0.25) is 0 Å². The Bertz CT molecular complexity index is 682. The van der Waals surface area contributed by atoms with E-state index in [0.29, 0.717) is 23.3 Å². The lowest BCUT2D eigenvalue weighted by Gasteiger charge is -2.18. The summed E-state index contributed by atoms with van der Waals surface area (Å²) in [6.07, 6.45) is 4.38. The van der Waals surface area contributed by atoms with Gasteiger partial charge >= 0.3 is 0 Å². The number of ketones is 2. The molecule has 0 saturated heterocycles. The number of thioether (sulfide) groups is 1. The van der Waals surface area contributed by atoms with Crippen molar-refractivity contribution in [3.8, 4) is 0 Å². The summed E-state index contributed by atoms with van der Waals surface area (Å²) in [6, 6.07) is 3.43. The predicted octanol–water partition coefficient (Wildman–Crippen LogP) is 3.28. The highest BCUT2D eigenvalue weighted by Gasteiger charge is 2.35. The van der Waals surface area contributed by atoms with Gasteiger partial charge in [0.25, 0.3) is 0 Å². The minimum atomic E-state index is -0.582. The van der Waals surface area contributed by atoms with E-state index in [4.69, 9.17) is 0 Å². The van der Waals surface area contributed by atoms with E-state index < -0.39 is 5.92 Å². The number of aryl methyl sites for hydroxylation is 1. The van der Waals surface area contributed by atoms with Crippen molar-refractivity contribution in [1.82, 2.24) is 9.97 Å². The molecule has 1 aliphatic rings. The summed E-state index contributed by atoms with van der Waals surface area (Å²) in [5, 5.41) is 0. The third-order valence-electron chi connectivity index (χ3n) is 3.42. The van der Waals surface area contributed by atoms with Gasteiger partial charge in [-0.3, -0.25) is 14.6 Å². The second-order valence-electron chi connectivity index (χ2n) is 4.75. The summed E-state index contributed by atoms with van der Waals surface area (Å²) in [5.74, 6) is 0.141. The fourth-order valence-corrected chi connectivity index (χ4v) is 4.51. The highest BCUT2D eigenvalue weighted by molar-refractivity contribution is 8.01. The van der Waals surface area contributed by atoms with Crippen LogP contribution in [0.4, 0.5) is 0 Å². The molecule has 0 amide bonds. The summed E-state index contributed by atoms with van der Waals surface area (Å²) in [6.45, 7) is 2.06. The Kier molecular flexibility index (Phi) is 4.17. The lowest BCUT2D eigenvalue weighted by atomic mass is 9.84. The lowest BCUT2D eigenvalue weighted by molar-refractivity contribution is 0.0792. The Labute approximate surface area is 131 Å². The minimum absolute atomic E-state index is 0.0782. The molecule has 2 heterocycles. The van der Waals surface area contributed by atoms with Gasteiger partial charge in [0.2, 0.25) is 0 Å². The molecular weight excluding hydrogens is 304 g/mol. The van der Waals surface area contributed by atoms with Crippen molar-refractivity contribution < 1.29 is 9.59 Å². The SMILES string of the molecule is CCSc1nc2c(s1)C(=O)C(C(=O)c1cccnc1)CC2. The maximum atomic E-state index is 12.6.